The van der Waals surface area contributed by atoms with Crippen molar-refractivity contribution in [2.24, 2.45) is 0 Å². The summed E-state index contributed by atoms with van der Waals surface area (Å²) in [7, 11) is 0. The van der Waals surface area contributed by atoms with Gasteiger partial charge in [-0.25, -0.2) is 0 Å². The highest BCUT2D eigenvalue weighted by atomic mass is 16.3. The Kier molecular flexibility index (Phi) is 9.18. The lowest BCUT2D eigenvalue weighted by atomic mass is 9.78. The number of aryl methyl sites for hydroxylation is 1. The monoisotopic (exact) mass is 444 g/mol. The van der Waals surface area contributed by atoms with Gasteiger partial charge in [0.2, 0.25) is 11.8 Å². The van der Waals surface area contributed by atoms with E-state index in [2.05, 4.69) is 59.0 Å². The first-order chi connectivity index (χ1) is 14.9. The number of likely N-dealkylation sites (tertiary alicyclic amines) is 1. The number of carbonyl (C=O) groups is 2. The number of benzene rings is 1. The summed E-state index contributed by atoms with van der Waals surface area (Å²) in [6.07, 6.45) is 7.03. The van der Waals surface area contributed by atoms with E-state index in [-0.39, 0.29) is 16.7 Å². The van der Waals surface area contributed by atoms with Gasteiger partial charge in [-0.1, -0.05) is 66.5 Å². The first kappa shape index (κ1) is 26.2. The van der Waals surface area contributed by atoms with Gasteiger partial charge in [0, 0.05) is 32.5 Å². The van der Waals surface area contributed by atoms with Gasteiger partial charge in [0.1, 0.15) is 5.75 Å². The topological polar surface area (TPSA) is 69.6 Å². The number of aromatic hydroxyl groups is 1. The van der Waals surface area contributed by atoms with Crippen molar-refractivity contribution < 1.29 is 14.7 Å². The van der Waals surface area contributed by atoms with Gasteiger partial charge in [-0.05, 0) is 53.2 Å². The number of phenols is 1. The molecular formula is C27H44N2O3. The molecule has 1 aromatic rings. The maximum absolute atomic E-state index is 12.3. The second-order valence-electron chi connectivity index (χ2n) is 11.3. The van der Waals surface area contributed by atoms with Crippen LogP contribution >= 0.6 is 0 Å². The minimum Gasteiger partial charge on any atom is -0.507 e. The summed E-state index contributed by atoms with van der Waals surface area (Å²) in [5.41, 5.74) is 2.66. The van der Waals surface area contributed by atoms with Crippen LogP contribution in [0.25, 0.3) is 0 Å². The quantitative estimate of drug-likeness (QED) is 0.486. The van der Waals surface area contributed by atoms with Gasteiger partial charge in [0.15, 0.2) is 0 Å². The molecule has 2 amide bonds. The molecule has 32 heavy (non-hydrogen) atoms. The van der Waals surface area contributed by atoms with E-state index in [9.17, 15) is 14.7 Å². The van der Waals surface area contributed by atoms with Crippen LogP contribution in [-0.4, -0.2) is 41.5 Å². The fourth-order valence-electron chi connectivity index (χ4n) is 4.28. The molecule has 0 radical (unpaired) electrons. The highest BCUT2D eigenvalue weighted by Gasteiger charge is 2.26. The standard InChI is InChI=1S/C27H44N2O3/c1-26(2,3)21-18-20(19-22(25(21)32)27(4,5)6)13-14-23(30)28-15-9-7-8-10-16-29-17-11-12-24(29)31/h18-19,32H,7-17H2,1-6H3,(H,28,30). The Bertz CT molecular complexity index is 752. The number of amides is 2. The van der Waals surface area contributed by atoms with Gasteiger partial charge in [-0.15, -0.1) is 0 Å². The number of nitrogens with zero attached hydrogens (tertiary/aromatic N) is 1. The molecule has 5 heteroatoms. The van der Waals surface area contributed by atoms with Crippen molar-refractivity contribution in [3.05, 3.63) is 28.8 Å². The van der Waals surface area contributed by atoms with E-state index in [4.69, 9.17) is 0 Å². The van der Waals surface area contributed by atoms with Crippen molar-refractivity contribution in [2.75, 3.05) is 19.6 Å². The van der Waals surface area contributed by atoms with Crippen LogP contribution in [0.2, 0.25) is 0 Å². The average Bonchev–Trinajstić information content (AvgIpc) is 3.09. The summed E-state index contributed by atoms with van der Waals surface area (Å²) in [5, 5.41) is 13.9. The Morgan fingerprint density at radius 1 is 1.00 bits per heavy atom. The molecule has 0 aromatic heterocycles. The molecule has 0 spiro atoms. The van der Waals surface area contributed by atoms with Gasteiger partial charge >= 0.3 is 0 Å². The third kappa shape index (κ3) is 7.83. The predicted octanol–water partition coefficient (Wildman–Crippen LogP) is 5.22. The van der Waals surface area contributed by atoms with Gasteiger partial charge < -0.3 is 15.3 Å². The van der Waals surface area contributed by atoms with Crippen LogP contribution in [-0.2, 0) is 26.8 Å². The first-order valence-electron chi connectivity index (χ1n) is 12.3. The molecule has 0 saturated carbocycles. The Hall–Kier alpha value is -2.04. The summed E-state index contributed by atoms with van der Waals surface area (Å²) in [6.45, 7) is 15.1. The normalized spacial score (nSPS) is 14.8. The number of rotatable bonds is 10. The summed E-state index contributed by atoms with van der Waals surface area (Å²) < 4.78 is 0. The van der Waals surface area contributed by atoms with Crippen molar-refractivity contribution in [2.45, 2.75) is 104 Å². The molecule has 0 bridgehead atoms. The van der Waals surface area contributed by atoms with Crippen LogP contribution in [0.1, 0.15) is 103 Å². The SMILES string of the molecule is CC(C)(C)c1cc(CCC(=O)NCCCCCCN2CCCC2=O)cc(C(C)(C)C)c1O. The molecule has 1 saturated heterocycles. The predicted molar refractivity (Wildman–Crippen MR) is 131 cm³/mol. The highest BCUT2D eigenvalue weighted by molar-refractivity contribution is 5.78. The molecule has 1 aliphatic rings. The van der Waals surface area contributed by atoms with E-state index in [0.29, 0.717) is 37.5 Å². The smallest absolute Gasteiger partial charge is 0.222 e. The zero-order valence-corrected chi connectivity index (χ0v) is 21.1. The number of hydrogen-bond donors (Lipinski definition) is 2. The highest BCUT2D eigenvalue weighted by Crippen LogP contribution is 2.39. The van der Waals surface area contributed by atoms with Crippen LogP contribution in [0.15, 0.2) is 12.1 Å². The fraction of sp³-hybridized carbons (Fsp3) is 0.704. The minimum atomic E-state index is -0.162. The van der Waals surface area contributed by atoms with E-state index in [1.165, 1.54) is 0 Å². The molecular weight excluding hydrogens is 400 g/mol. The van der Waals surface area contributed by atoms with Crippen LogP contribution in [0.4, 0.5) is 0 Å². The van der Waals surface area contributed by atoms with Gasteiger partial charge in [0.25, 0.3) is 0 Å². The lowest BCUT2D eigenvalue weighted by Crippen LogP contribution is -2.26. The zero-order valence-electron chi connectivity index (χ0n) is 21.1. The minimum absolute atomic E-state index is 0.0790. The molecule has 0 aliphatic carbocycles. The Balaban J connectivity index is 1.75. The van der Waals surface area contributed by atoms with E-state index in [0.717, 1.165) is 61.9 Å². The lowest BCUT2D eigenvalue weighted by Gasteiger charge is -2.28. The largest absolute Gasteiger partial charge is 0.507 e. The van der Waals surface area contributed by atoms with E-state index in [1.54, 1.807) is 0 Å². The molecule has 0 unspecified atom stereocenters. The van der Waals surface area contributed by atoms with Crippen molar-refractivity contribution in [3.63, 3.8) is 0 Å². The van der Waals surface area contributed by atoms with Crippen molar-refractivity contribution >= 4 is 11.8 Å². The van der Waals surface area contributed by atoms with Crippen LogP contribution in [0.5, 0.6) is 5.75 Å². The van der Waals surface area contributed by atoms with Crippen molar-refractivity contribution in [3.8, 4) is 5.75 Å². The lowest BCUT2D eigenvalue weighted by molar-refractivity contribution is -0.127. The molecule has 2 N–H and O–H groups in total. The number of nitrogens with one attached hydrogen (secondary N) is 1. The number of hydrogen-bond acceptors (Lipinski definition) is 3. The average molecular weight is 445 g/mol. The fourth-order valence-corrected chi connectivity index (χ4v) is 4.28. The maximum atomic E-state index is 12.3. The zero-order chi connectivity index (χ0) is 23.9. The number of phenolic OH excluding ortho intramolecular Hbond substituents is 1. The van der Waals surface area contributed by atoms with Gasteiger partial charge in [-0.2, -0.15) is 0 Å². The Labute approximate surface area is 195 Å². The number of carbonyl (C=O) groups excluding carboxylic acids is 2. The maximum Gasteiger partial charge on any atom is 0.222 e. The van der Waals surface area contributed by atoms with E-state index >= 15 is 0 Å². The Morgan fingerprint density at radius 3 is 2.12 bits per heavy atom. The molecule has 2 rings (SSSR count). The van der Waals surface area contributed by atoms with Crippen molar-refractivity contribution in [1.82, 2.24) is 10.2 Å². The van der Waals surface area contributed by atoms with Gasteiger partial charge in [-0.3, -0.25) is 9.59 Å². The second-order valence-corrected chi connectivity index (χ2v) is 11.3. The first-order valence-corrected chi connectivity index (χ1v) is 12.3. The summed E-state index contributed by atoms with van der Waals surface area (Å²) in [4.78, 5) is 25.9. The molecule has 0 atom stereocenters. The van der Waals surface area contributed by atoms with Crippen LogP contribution in [0.3, 0.4) is 0 Å². The van der Waals surface area contributed by atoms with Gasteiger partial charge in [0.05, 0.1) is 0 Å². The number of unbranched alkanes of at least 4 members (excludes halogenated alkanes) is 3. The summed E-state index contributed by atoms with van der Waals surface area (Å²) >= 11 is 0. The molecule has 180 valence electrons. The second kappa shape index (κ2) is 11.2. The third-order valence-corrected chi connectivity index (χ3v) is 6.27. The summed E-state index contributed by atoms with van der Waals surface area (Å²) in [5.74, 6) is 0.762. The van der Waals surface area contributed by atoms with Crippen LogP contribution < -0.4 is 5.32 Å². The molecule has 1 aromatic carbocycles. The molecule has 5 nitrogen and oxygen atoms in total. The molecule has 1 aliphatic heterocycles. The summed E-state index contributed by atoms with van der Waals surface area (Å²) in [6, 6.07) is 4.12. The van der Waals surface area contributed by atoms with E-state index < -0.39 is 0 Å². The molecule has 1 heterocycles. The third-order valence-electron chi connectivity index (χ3n) is 6.27. The molecule has 1 fully saturated rings. The van der Waals surface area contributed by atoms with E-state index in [1.807, 2.05) is 4.90 Å². The Morgan fingerprint density at radius 2 is 1.59 bits per heavy atom. The van der Waals surface area contributed by atoms with Crippen molar-refractivity contribution in [1.29, 1.82) is 0 Å². The van der Waals surface area contributed by atoms with Crippen LogP contribution in [0, 0.1) is 0 Å².